The van der Waals surface area contributed by atoms with Gasteiger partial charge in [0.05, 0.1) is 5.92 Å². The van der Waals surface area contributed by atoms with E-state index in [4.69, 9.17) is 5.11 Å². The van der Waals surface area contributed by atoms with Gasteiger partial charge in [-0.15, -0.1) is 11.3 Å². The molecule has 0 spiro atoms. The molecule has 0 bridgehead atoms. The maximum absolute atomic E-state index is 11.8. The molecule has 1 fully saturated rings. The summed E-state index contributed by atoms with van der Waals surface area (Å²) >= 11 is 1.68. The van der Waals surface area contributed by atoms with Crippen LogP contribution in [-0.4, -0.2) is 23.5 Å². The molecular weight excluding hydrogens is 250 g/mol. The number of thiophene rings is 1. The van der Waals surface area contributed by atoms with Gasteiger partial charge in [0.25, 0.3) is 0 Å². The molecule has 2 N–H and O–H groups in total. The first-order valence-electron chi connectivity index (χ1n) is 6.19. The summed E-state index contributed by atoms with van der Waals surface area (Å²) < 4.78 is 0. The largest absolute Gasteiger partial charge is 0.481 e. The molecule has 0 aromatic carbocycles. The van der Waals surface area contributed by atoms with Crippen molar-refractivity contribution in [3.05, 3.63) is 22.4 Å². The van der Waals surface area contributed by atoms with Crippen molar-refractivity contribution in [3.8, 4) is 0 Å². The molecule has 4 nitrogen and oxygen atoms in total. The van der Waals surface area contributed by atoms with Gasteiger partial charge >= 0.3 is 5.97 Å². The predicted molar refractivity (Wildman–Crippen MR) is 69.5 cm³/mol. The molecule has 1 heterocycles. The average Bonchev–Trinajstić information content (AvgIpc) is 2.99. The van der Waals surface area contributed by atoms with Crippen molar-refractivity contribution < 1.29 is 14.7 Å². The van der Waals surface area contributed by atoms with E-state index < -0.39 is 5.97 Å². The second-order valence-corrected chi connectivity index (χ2v) is 5.70. The zero-order chi connectivity index (χ0) is 13.0. The van der Waals surface area contributed by atoms with Gasteiger partial charge in [0.15, 0.2) is 0 Å². The van der Waals surface area contributed by atoms with Crippen LogP contribution in [0.25, 0.3) is 0 Å². The highest BCUT2D eigenvalue weighted by molar-refractivity contribution is 7.09. The summed E-state index contributed by atoms with van der Waals surface area (Å²) in [6, 6.07) is 4.04. The molecule has 1 saturated carbocycles. The van der Waals surface area contributed by atoms with Crippen molar-refractivity contribution in [1.29, 1.82) is 0 Å². The van der Waals surface area contributed by atoms with E-state index in [0.717, 1.165) is 6.42 Å². The smallest absolute Gasteiger partial charge is 0.306 e. The van der Waals surface area contributed by atoms with Crippen molar-refractivity contribution in [2.24, 2.45) is 11.8 Å². The average molecular weight is 267 g/mol. The molecule has 0 saturated heterocycles. The van der Waals surface area contributed by atoms with Crippen LogP contribution < -0.4 is 5.32 Å². The highest BCUT2D eigenvalue weighted by atomic mass is 32.1. The number of hydrogen-bond acceptors (Lipinski definition) is 3. The van der Waals surface area contributed by atoms with Gasteiger partial charge in [0.2, 0.25) is 5.91 Å². The number of carboxylic acid groups (broad SMARTS) is 1. The number of amides is 1. The Labute approximate surface area is 110 Å². The third kappa shape index (κ3) is 3.32. The summed E-state index contributed by atoms with van der Waals surface area (Å²) in [5, 5.41) is 13.8. The summed E-state index contributed by atoms with van der Waals surface area (Å²) in [5.41, 5.74) is 0. The molecule has 2 unspecified atom stereocenters. The van der Waals surface area contributed by atoms with Crippen molar-refractivity contribution in [2.45, 2.75) is 25.7 Å². The number of carboxylic acids is 1. The van der Waals surface area contributed by atoms with Crippen LogP contribution in [0.15, 0.2) is 17.5 Å². The van der Waals surface area contributed by atoms with Gasteiger partial charge in [-0.1, -0.05) is 6.07 Å². The molecule has 1 aliphatic carbocycles. The van der Waals surface area contributed by atoms with Gasteiger partial charge in [-0.3, -0.25) is 9.59 Å². The first-order valence-corrected chi connectivity index (χ1v) is 7.07. The lowest BCUT2D eigenvalue weighted by Gasteiger charge is -2.10. The zero-order valence-electron chi connectivity index (χ0n) is 10.1. The van der Waals surface area contributed by atoms with Crippen LogP contribution >= 0.6 is 11.3 Å². The molecule has 98 valence electrons. The standard InChI is InChI=1S/C13H17NO3S/c15-12(9-3-4-10(8-9)13(16)17)14-6-5-11-2-1-7-18-11/h1-2,7,9-10H,3-6,8H2,(H,14,15)(H,16,17). The second-order valence-electron chi connectivity index (χ2n) is 4.67. The molecule has 1 aromatic rings. The summed E-state index contributed by atoms with van der Waals surface area (Å²) in [4.78, 5) is 23.9. The summed E-state index contributed by atoms with van der Waals surface area (Å²) in [6.45, 7) is 0.633. The van der Waals surface area contributed by atoms with E-state index >= 15 is 0 Å². The third-order valence-electron chi connectivity index (χ3n) is 3.40. The second kappa shape index (κ2) is 6.00. The SMILES string of the molecule is O=C(O)C1CCC(C(=O)NCCc2cccs2)C1. The quantitative estimate of drug-likeness (QED) is 0.856. The summed E-state index contributed by atoms with van der Waals surface area (Å²) in [5.74, 6) is -1.22. The lowest BCUT2D eigenvalue weighted by Crippen LogP contribution is -2.31. The van der Waals surface area contributed by atoms with Crippen molar-refractivity contribution in [1.82, 2.24) is 5.32 Å². The van der Waals surface area contributed by atoms with E-state index in [1.54, 1.807) is 11.3 Å². The van der Waals surface area contributed by atoms with Crippen LogP contribution in [0.5, 0.6) is 0 Å². The van der Waals surface area contributed by atoms with Gasteiger partial charge in [-0.2, -0.15) is 0 Å². The number of carbonyl (C=O) groups excluding carboxylic acids is 1. The highest BCUT2D eigenvalue weighted by Crippen LogP contribution is 2.31. The Bertz CT molecular complexity index is 416. The number of rotatable bonds is 5. The Morgan fingerprint density at radius 1 is 1.39 bits per heavy atom. The van der Waals surface area contributed by atoms with Gasteiger partial charge in [0.1, 0.15) is 0 Å². The molecule has 0 radical (unpaired) electrons. The van der Waals surface area contributed by atoms with E-state index in [9.17, 15) is 9.59 Å². The van der Waals surface area contributed by atoms with E-state index in [2.05, 4.69) is 5.32 Å². The first-order chi connectivity index (χ1) is 8.66. The molecular formula is C13H17NO3S. The Kier molecular flexibility index (Phi) is 4.36. The normalized spacial score (nSPS) is 22.9. The van der Waals surface area contributed by atoms with Crippen LogP contribution in [0.2, 0.25) is 0 Å². The van der Waals surface area contributed by atoms with E-state index in [-0.39, 0.29) is 17.7 Å². The maximum Gasteiger partial charge on any atom is 0.306 e. The number of aliphatic carboxylic acids is 1. The minimum Gasteiger partial charge on any atom is -0.481 e. The fourth-order valence-electron chi connectivity index (χ4n) is 2.35. The minimum absolute atomic E-state index is 0.00954. The third-order valence-corrected chi connectivity index (χ3v) is 4.34. The molecule has 18 heavy (non-hydrogen) atoms. The van der Waals surface area contributed by atoms with E-state index in [0.29, 0.717) is 25.8 Å². The van der Waals surface area contributed by atoms with Crippen LogP contribution in [0.1, 0.15) is 24.1 Å². The molecule has 1 aromatic heterocycles. The van der Waals surface area contributed by atoms with E-state index in [1.807, 2.05) is 17.5 Å². The Hall–Kier alpha value is -1.36. The number of nitrogens with one attached hydrogen (secondary N) is 1. The van der Waals surface area contributed by atoms with Crippen LogP contribution in [-0.2, 0) is 16.0 Å². The van der Waals surface area contributed by atoms with Gasteiger partial charge < -0.3 is 10.4 Å². The Morgan fingerprint density at radius 2 is 2.17 bits per heavy atom. The van der Waals surface area contributed by atoms with Crippen LogP contribution in [0.3, 0.4) is 0 Å². The fraction of sp³-hybridized carbons (Fsp3) is 0.538. The minimum atomic E-state index is -0.774. The molecule has 2 atom stereocenters. The highest BCUT2D eigenvalue weighted by Gasteiger charge is 2.33. The van der Waals surface area contributed by atoms with Crippen molar-refractivity contribution >= 4 is 23.2 Å². The Morgan fingerprint density at radius 3 is 2.78 bits per heavy atom. The lowest BCUT2D eigenvalue weighted by molar-refractivity contribution is -0.141. The first kappa shape index (κ1) is 13.1. The number of carbonyl (C=O) groups is 2. The van der Waals surface area contributed by atoms with Gasteiger partial charge in [-0.25, -0.2) is 0 Å². The van der Waals surface area contributed by atoms with Gasteiger partial charge in [-0.05, 0) is 37.1 Å². The summed E-state index contributed by atoms with van der Waals surface area (Å²) in [6.07, 6.45) is 2.65. The lowest BCUT2D eigenvalue weighted by atomic mass is 10.0. The topological polar surface area (TPSA) is 66.4 Å². The summed E-state index contributed by atoms with van der Waals surface area (Å²) in [7, 11) is 0. The van der Waals surface area contributed by atoms with Crippen molar-refractivity contribution in [2.75, 3.05) is 6.54 Å². The molecule has 1 aliphatic rings. The predicted octanol–water partition coefficient (Wildman–Crippen LogP) is 1.91. The molecule has 2 rings (SSSR count). The maximum atomic E-state index is 11.8. The number of hydrogen-bond donors (Lipinski definition) is 2. The van der Waals surface area contributed by atoms with Crippen LogP contribution in [0.4, 0.5) is 0 Å². The Balaban J connectivity index is 1.71. The van der Waals surface area contributed by atoms with E-state index in [1.165, 1.54) is 4.88 Å². The molecule has 5 heteroatoms. The van der Waals surface area contributed by atoms with Crippen molar-refractivity contribution in [3.63, 3.8) is 0 Å². The monoisotopic (exact) mass is 267 g/mol. The molecule has 0 aliphatic heterocycles. The van der Waals surface area contributed by atoms with Crippen LogP contribution in [0, 0.1) is 11.8 Å². The zero-order valence-corrected chi connectivity index (χ0v) is 10.9. The fourth-order valence-corrected chi connectivity index (χ4v) is 3.06. The molecule has 1 amide bonds. The van der Waals surface area contributed by atoms with Gasteiger partial charge in [0, 0.05) is 17.3 Å².